The fraction of sp³-hybridized carbons (Fsp3) is 0.474. The molecule has 3 heterocycles. The second kappa shape index (κ2) is 6.32. The van der Waals surface area contributed by atoms with Crippen molar-refractivity contribution in [3.63, 3.8) is 0 Å². The van der Waals surface area contributed by atoms with E-state index in [1.54, 1.807) is 6.07 Å². The van der Waals surface area contributed by atoms with E-state index in [4.69, 9.17) is 4.74 Å². The monoisotopic (exact) mass is 356 g/mol. The summed E-state index contributed by atoms with van der Waals surface area (Å²) in [6.45, 7) is 6.89. The van der Waals surface area contributed by atoms with Gasteiger partial charge in [0.05, 0.1) is 18.9 Å². The molecule has 0 radical (unpaired) electrons. The number of fused-ring (bicyclic) bond motifs is 1. The van der Waals surface area contributed by atoms with E-state index in [2.05, 4.69) is 15.3 Å². The summed E-state index contributed by atoms with van der Waals surface area (Å²) in [5, 5.41) is 17.6. The normalized spacial score (nSPS) is 20.0. The van der Waals surface area contributed by atoms with Gasteiger partial charge in [0.25, 0.3) is 0 Å². The van der Waals surface area contributed by atoms with Crippen LogP contribution in [0.5, 0.6) is 5.75 Å². The molecule has 2 aliphatic rings. The van der Waals surface area contributed by atoms with Gasteiger partial charge in [-0.15, -0.1) is 0 Å². The minimum absolute atomic E-state index is 0.0399. The van der Waals surface area contributed by atoms with Crippen LogP contribution in [0.25, 0.3) is 0 Å². The van der Waals surface area contributed by atoms with Crippen LogP contribution in [0, 0.1) is 13.8 Å². The number of aromatic hydroxyl groups is 1. The molecular formula is C19H24N4O3. The van der Waals surface area contributed by atoms with E-state index < -0.39 is 0 Å². The molecule has 0 spiro atoms. The zero-order valence-corrected chi connectivity index (χ0v) is 15.4. The van der Waals surface area contributed by atoms with Gasteiger partial charge in [0.2, 0.25) is 5.91 Å². The summed E-state index contributed by atoms with van der Waals surface area (Å²) in [5.74, 6) is 1.13. The maximum Gasteiger partial charge on any atom is 0.225 e. The molecule has 0 bridgehead atoms. The van der Waals surface area contributed by atoms with Gasteiger partial charge in [-0.2, -0.15) is 5.10 Å². The molecule has 1 atom stereocenters. The minimum Gasteiger partial charge on any atom is -0.508 e. The summed E-state index contributed by atoms with van der Waals surface area (Å²) < 4.78 is 7.40. The minimum atomic E-state index is -0.0791. The summed E-state index contributed by atoms with van der Waals surface area (Å²) in [4.78, 5) is 14.6. The van der Waals surface area contributed by atoms with E-state index in [1.807, 2.05) is 31.6 Å². The molecule has 2 aromatic rings. The molecule has 1 amide bonds. The highest BCUT2D eigenvalue weighted by Gasteiger charge is 2.34. The van der Waals surface area contributed by atoms with Gasteiger partial charge in [-0.1, -0.05) is 0 Å². The third-order valence-corrected chi connectivity index (χ3v) is 5.30. The van der Waals surface area contributed by atoms with E-state index in [1.165, 1.54) is 0 Å². The maximum absolute atomic E-state index is 12.4. The van der Waals surface area contributed by atoms with E-state index >= 15 is 0 Å². The third kappa shape index (κ3) is 2.72. The molecule has 2 N–H and O–H groups in total. The van der Waals surface area contributed by atoms with Crippen LogP contribution in [-0.4, -0.2) is 47.1 Å². The van der Waals surface area contributed by atoms with Gasteiger partial charge in [0.15, 0.2) is 0 Å². The number of ether oxygens (including phenoxy) is 1. The van der Waals surface area contributed by atoms with Crippen LogP contribution in [0.2, 0.25) is 0 Å². The Morgan fingerprint density at radius 2 is 2.00 bits per heavy atom. The Hall–Kier alpha value is -2.54. The number of hydrogen-bond donors (Lipinski definition) is 2. The lowest BCUT2D eigenvalue weighted by molar-refractivity contribution is -0.116. The number of morpholine rings is 1. The molecule has 1 aromatic heterocycles. The van der Waals surface area contributed by atoms with Crippen molar-refractivity contribution in [1.29, 1.82) is 0 Å². The summed E-state index contributed by atoms with van der Waals surface area (Å²) in [7, 11) is 1.95. The molecule has 0 aliphatic carbocycles. The second-order valence-corrected chi connectivity index (χ2v) is 7.08. The largest absolute Gasteiger partial charge is 0.508 e. The fourth-order valence-corrected chi connectivity index (χ4v) is 4.09. The molecule has 2 aliphatic heterocycles. The molecule has 4 rings (SSSR count). The molecule has 1 aromatic carbocycles. The Balaban J connectivity index is 1.86. The fourth-order valence-electron chi connectivity index (χ4n) is 4.09. The van der Waals surface area contributed by atoms with Gasteiger partial charge in [-0.25, -0.2) is 0 Å². The molecule has 138 valence electrons. The van der Waals surface area contributed by atoms with Gasteiger partial charge < -0.3 is 20.1 Å². The van der Waals surface area contributed by atoms with Crippen molar-refractivity contribution < 1.29 is 14.6 Å². The Bertz CT molecular complexity index is 868. The SMILES string of the molecule is Cc1cc2c(cc1O)NC(=O)C[C@H]2c1c(C)nn(C)c1N1CCOCC1. The highest BCUT2D eigenvalue weighted by Crippen LogP contribution is 2.44. The number of aryl methyl sites for hydroxylation is 3. The van der Waals surface area contributed by atoms with Crippen LogP contribution in [0.15, 0.2) is 12.1 Å². The third-order valence-electron chi connectivity index (χ3n) is 5.30. The molecule has 0 unspecified atom stereocenters. The number of carbonyl (C=O) groups is 1. The van der Waals surface area contributed by atoms with Crippen LogP contribution in [0.4, 0.5) is 11.5 Å². The van der Waals surface area contributed by atoms with E-state index in [9.17, 15) is 9.90 Å². The molecule has 1 saturated heterocycles. The number of carbonyl (C=O) groups excluding carboxylic acids is 1. The van der Waals surface area contributed by atoms with Crippen molar-refractivity contribution in [2.75, 3.05) is 36.5 Å². The summed E-state index contributed by atoms with van der Waals surface area (Å²) in [6.07, 6.45) is 0.376. The molecule has 7 nitrogen and oxygen atoms in total. The van der Waals surface area contributed by atoms with E-state index in [0.29, 0.717) is 25.3 Å². The molecule has 0 saturated carbocycles. The Kier molecular flexibility index (Phi) is 4.11. The number of benzene rings is 1. The van der Waals surface area contributed by atoms with Gasteiger partial charge in [-0.3, -0.25) is 9.48 Å². The lowest BCUT2D eigenvalue weighted by Crippen LogP contribution is -2.38. The first-order valence-electron chi connectivity index (χ1n) is 8.95. The van der Waals surface area contributed by atoms with Gasteiger partial charge >= 0.3 is 0 Å². The smallest absolute Gasteiger partial charge is 0.225 e. The predicted molar refractivity (Wildman–Crippen MR) is 98.9 cm³/mol. The number of rotatable bonds is 2. The maximum atomic E-state index is 12.4. The van der Waals surface area contributed by atoms with Crippen LogP contribution in [0.1, 0.15) is 34.7 Å². The molecule has 26 heavy (non-hydrogen) atoms. The topological polar surface area (TPSA) is 79.6 Å². The number of anilines is 2. The zero-order chi connectivity index (χ0) is 18.4. The van der Waals surface area contributed by atoms with E-state index in [-0.39, 0.29) is 17.6 Å². The van der Waals surface area contributed by atoms with Crippen molar-refractivity contribution in [2.45, 2.75) is 26.2 Å². The molecule has 7 heteroatoms. The number of nitrogens with zero attached hydrogens (tertiary/aromatic N) is 3. The Morgan fingerprint density at radius 3 is 2.73 bits per heavy atom. The Morgan fingerprint density at radius 1 is 1.27 bits per heavy atom. The highest BCUT2D eigenvalue weighted by molar-refractivity contribution is 5.96. The number of nitrogens with one attached hydrogen (secondary N) is 1. The van der Waals surface area contributed by atoms with Crippen molar-refractivity contribution in [3.8, 4) is 5.75 Å². The van der Waals surface area contributed by atoms with Crippen molar-refractivity contribution in [1.82, 2.24) is 9.78 Å². The quantitative estimate of drug-likeness (QED) is 0.861. The Labute approximate surface area is 152 Å². The van der Waals surface area contributed by atoms with Crippen molar-refractivity contribution >= 4 is 17.4 Å². The number of phenols is 1. The summed E-state index contributed by atoms with van der Waals surface area (Å²) in [6, 6.07) is 3.62. The predicted octanol–water partition coefficient (Wildman–Crippen LogP) is 2.05. The first-order valence-corrected chi connectivity index (χ1v) is 8.95. The van der Waals surface area contributed by atoms with Gasteiger partial charge in [-0.05, 0) is 31.0 Å². The van der Waals surface area contributed by atoms with Crippen LogP contribution in [0.3, 0.4) is 0 Å². The standard InChI is InChI=1S/C19H24N4O3/c1-11-8-13-14(9-17(25)20-15(13)10-16(11)24)18-12(2)21-22(3)19(18)23-4-6-26-7-5-23/h8,10,14,24H,4-7,9H2,1-3H3,(H,20,25)/t14-/m1/s1. The zero-order valence-electron chi connectivity index (χ0n) is 15.4. The average Bonchev–Trinajstić information content (AvgIpc) is 2.90. The van der Waals surface area contributed by atoms with Crippen molar-refractivity contribution in [3.05, 3.63) is 34.5 Å². The van der Waals surface area contributed by atoms with Gasteiger partial charge in [0.1, 0.15) is 11.6 Å². The second-order valence-electron chi connectivity index (χ2n) is 7.08. The first kappa shape index (κ1) is 16.9. The van der Waals surface area contributed by atoms with E-state index in [0.717, 1.165) is 41.3 Å². The van der Waals surface area contributed by atoms with Crippen LogP contribution < -0.4 is 10.2 Å². The lowest BCUT2D eigenvalue weighted by atomic mass is 9.83. The lowest BCUT2D eigenvalue weighted by Gasteiger charge is -2.33. The van der Waals surface area contributed by atoms with Crippen LogP contribution in [-0.2, 0) is 16.6 Å². The number of hydrogen-bond acceptors (Lipinski definition) is 5. The number of phenolic OH excluding ortho intramolecular Hbond substituents is 1. The summed E-state index contributed by atoms with van der Waals surface area (Å²) in [5.41, 5.74) is 4.55. The summed E-state index contributed by atoms with van der Waals surface area (Å²) >= 11 is 0. The number of aromatic nitrogens is 2. The highest BCUT2D eigenvalue weighted by atomic mass is 16.5. The van der Waals surface area contributed by atoms with Crippen molar-refractivity contribution in [2.24, 2.45) is 7.05 Å². The first-order chi connectivity index (χ1) is 12.5. The average molecular weight is 356 g/mol. The molecular weight excluding hydrogens is 332 g/mol. The van der Waals surface area contributed by atoms with Gasteiger partial charge in [0, 0.05) is 49.8 Å². The van der Waals surface area contributed by atoms with Crippen LogP contribution >= 0.6 is 0 Å². The number of amides is 1. The molecule has 1 fully saturated rings.